The molecule has 1 aliphatic heterocycles. The molecule has 0 saturated heterocycles. The summed E-state index contributed by atoms with van der Waals surface area (Å²) in [4.78, 5) is 5.51. The number of rotatable bonds is 4. The van der Waals surface area contributed by atoms with Crippen LogP contribution in [0.25, 0.3) is 0 Å². The standard InChI is InChI=1S/C37H30NOP/c1-36-28-20-10-12-22-30(28)37(2,31-23-13-11-21-29(31)36)34-33(36)38-35(39-34)27-19-9-14-24-32(27)40(25-15-5-3-6-16-25)26-17-7-4-8-18-26/h3-24,33-34H,1-2H3/t33-,34+,36?,37?/m0/s1. The predicted molar refractivity (Wildman–Crippen MR) is 166 cm³/mol. The van der Waals surface area contributed by atoms with Gasteiger partial charge in [-0.15, -0.1) is 0 Å². The molecule has 3 aliphatic carbocycles. The third-order valence-corrected chi connectivity index (χ3v) is 11.9. The van der Waals surface area contributed by atoms with Gasteiger partial charge in [0, 0.05) is 11.0 Å². The maximum Gasteiger partial charge on any atom is 0.217 e. The summed E-state index contributed by atoms with van der Waals surface area (Å²) in [5.74, 6) is 0.781. The molecule has 3 heteroatoms. The fourth-order valence-electron chi connectivity index (χ4n) is 7.53. The smallest absolute Gasteiger partial charge is 0.217 e. The fraction of sp³-hybridized carbons (Fsp3) is 0.162. The number of ether oxygens (including phenoxy) is 1. The van der Waals surface area contributed by atoms with E-state index >= 15 is 0 Å². The van der Waals surface area contributed by atoms with Crippen LogP contribution in [-0.2, 0) is 15.6 Å². The molecule has 5 aromatic carbocycles. The third kappa shape index (κ3) is 3.12. The van der Waals surface area contributed by atoms with Crippen LogP contribution in [0.5, 0.6) is 0 Å². The van der Waals surface area contributed by atoms with Crippen LogP contribution in [0.15, 0.2) is 138 Å². The average Bonchev–Trinajstić information content (AvgIpc) is 3.49. The molecule has 40 heavy (non-hydrogen) atoms. The van der Waals surface area contributed by atoms with Crippen LogP contribution in [0.1, 0.15) is 41.7 Å². The Bertz CT molecular complexity index is 1690. The molecule has 2 nitrogen and oxygen atoms in total. The maximum absolute atomic E-state index is 7.09. The number of nitrogens with zero attached hydrogens (tertiary/aromatic N) is 1. The van der Waals surface area contributed by atoms with Gasteiger partial charge in [0.1, 0.15) is 12.1 Å². The molecule has 0 saturated carbocycles. The van der Waals surface area contributed by atoms with Crippen LogP contribution in [-0.4, -0.2) is 18.0 Å². The third-order valence-electron chi connectivity index (χ3n) is 9.44. The maximum atomic E-state index is 7.09. The number of hydrogen-bond acceptors (Lipinski definition) is 2. The average molecular weight is 536 g/mol. The molecule has 0 spiro atoms. The molecule has 0 aromatic heterocycles. The second-order valence-corrected chi connectivity index (χ2v) is 13.6. The van der Waals surface area contributed by atoms with Crippen molar-refractivity contribution in [1.82, 2.24) is 0 Å². The monoisotopic (exact) mass is 535 g/mol. The molecule has 2 atom stereocenters. The Balaban J connectivity index is 1.31. The lowest BCUT2D eigenvalue weighted by atomic mass is 9.47. The lowest BCUT2D eigenvalue weighted by molar-refractivity contribution is 0.0759. The summed E-state index contributed by atoms with van der Waals surface area (Å²) in [6, 6.07) is 48.4. The molecule has 2 bridgehead atoms. The predicted octanol–water partition coefficient (Wildman–Crippen LogP) is 6.60. The Morgan fingerprint density at radius 2 is 1.00 bits per heavy atom. The molecule has 0 unspecified atom stereocenters. The van der Waals surface area contributed by atoms with Gasteiger partial charge in [-0.3, -0.25) is 0 Å². The molecule has 5 aromatic rings. The highest BCUT2D eigenvalue weighted by Gasteiger charge is 2.65. The van der Waals surface area contributed by atoms with Gasteiger partial charge in [0.05, 0.1) is 5.41 Å². The van der Waals surface area contributed by atoms with Crippen LogP contribution >= 0.6 is 7.92 Å². The summed E-state index contributed by atoms with van der Waals surface area (Å²) >= 11 is 0. The van der Waals surface area contributed by atoms with Crippen LogP contribution in [0, 0.1) is 0 Å². The fourth-order valence-corrected chi connectivity index (χ4v) is 9.97. The van der Waals surface area contributed by atoms with Crippen molar-refractivity contribution in [1.29, 1.82) is 0 Å². The first-order chi connectivity index (χ1) is 19.6. The summed E-state index contributed by atoms with van der Waals surface area (Å²) in [5.41, 5.74) is 6.09. The van der Waals surface area contributed by atoms with Gasteiger partial charge in [0.2, 0.25) is 5.90 Å². The Morgan fingerprint density at radius 3 is 1.55 bits per heavy atom. The lowest BCUT2D eigenvalue weighted by Gasteiger charge is -2.57. The van der Waals surface area contributed by atoms with Gasteiger partial charge in [0.25, 0.3) is 0 Å². The van der Waals surface area contributed by atoms with Crippen LogP contribution in [0.2, 0.25) is 0 Å². The van der Waals surface area contributed by atoms with E-state index in [4.69, 9.17) is 9.73 Å². The number of aliphatic imine (C=N–C) groups is 1. The first-order valence-corrected chi connectivity index (χ1v) is 15.4. The number of benzene rings is 5. The van der Waals surface area contributed by atoms with Crippen molar-refractivity contribution < 1.29 is 4.74 Å². The van der Waals surface area contributed by atoms with Gasteiger partial charge in [-0.1, -0.05) is 127 Å². The highest BCUT2D eigenvalue weighted by molar-refractivity contribution is 7.80. The zero-order valence-corrected chi connectivity index (χ0v) is 23.6. The Labute approximate surface area is 237 Å². The van der Waals surface area contributed by atoms with Gasteiger partial charge in [-0.05, 0) is 66.0 Å². The molecule has 194 valence electrons. The van der Waals surface area contributed by atoms with Crippen molar-refractivity contribution in [2.75, 3.05) is 0 Å². The summed E-state index contributed by atoms with van der Waals surface area (Å²) < 4.78 is 7.09. The van der Waals surface area contributed by atoms with Crippen molar-refractivity contribution in [2.45, 2.75) is 36.8 Å². The molecule has 0 amide bonds. The van der Waals surface area contributed by atoms with E-state index in [1.807, 2.05) is 0 Å². The van der Waals surface area contributed by atoms with E-state index in [0.717, 1.165) is 11.5 Å². The Morgan fingerprint density at radius 1 is 0.550 bits per heavy atom. The van der Waals surface area contributed by atoms with Gasteiger partial charge >= 0.3 is 0 Å². The molecule has 0 fully saturated rings. The van der Waals surface area contributed by atoms with Crippen molar-refractivity contribution in [2.24, 2.45) is 4.99 Å². The van der Waals surface area contributed by atoms with E-state index in [9.17, 15) is 0 Å². The molecular formula is C37H30NOP. The lowest BCUT2D eigenvalue weighted by Crippen LogP contribution is -2.62. The van der Waals surface area contributed by atoms with E-state index in [1.54, 1.807) is 0 Å². The van der Waals surface area contributed by atoms with E-state index in [-0.39, 0.29) is 23.0 Å². The van der Waals surface area contributed by atoms with Crippen LogP contribution in [0.3, 0.4) is 0 Å². The van der Waals surface area contributed by atoms with E-state index in [0.29, 0.717) is 0 Å². The Hall–Kier alpha value is -4.00. The SMILES string of the molecule is CC12c3ccccc3C(C)(c3ccccc31)[C@H]1N=C(c3ccccc3P(c3ccccc3)c3ccccc3)O[C@H]12. The van der Waals surface area contributed by atoms with Gasteiger partial charge < -0.3 is 4.74 Å². The summed E-state index contributed by atoms with van der Waals surface area (Å²) in [5, 5.41) is 3.93. The minimum absolute atomic E-state index is 0.00466. The zero-order valence-electron chi connectivity index (χ0n) is 22.7. The largest absolute Gasteiger partial charge is 0.470 e. The minimum atomic E-state index is -0.790. The van der Waals surface area contributed by atoms with Crippen molar-refractivity contribution in [3.8, 4) is 0 Å². The quantitative estimate of drug-likeness (QED) is 0.238. The van der Waals surface area contributed by atoms with E-state index < -0.39 is 7.92 Å². The summed E-state index contributed by atoms with van der Waals surface area (Å²) in [7, 11) is -0.790. The van der Waals surface area contributed by atoms with Gasteiger partial charge in [-0.25, -0.2) is 4.99 Å². The highest BCUT2D eigenvalue weighted by Crippen LogP contribution is 2.62. The van der Waals surface area contributed by atoms with Crippen molar-refractivity contribution in [3.05, 3.63) is 161 Å². The summed E-state index contributed by atoms with van der Waals surface area (Å²) in [6.45, 7) is 4.75. The normalized spacial score (nSPS) is 25.5. The molecule has 9 rings (SSSR count). The zero-order chi connectivity index (χ0) is 26.9. The van der Waals surface area contributed by atoms with Crippen LogP contribution in [0.4, 0.5) is 0 Å². The van der Waals surface area contributed by atoms with Gasteiger partial charge in [-0.2, -0.15) is 0 Å². The van der Waals surface area contributed by atoms with Crippen molar-refractivity contribution >= 4 is 29.7 Å². The first kappa shape index (κ1) is 23.9. The van der Waals surface area contributed by atoms with Gasteiger partial charge in [0.15, 0.2) is 0 Å². The minimum Gasteiger partial charge on any atom is -0.470 e. The number of hydrogen-bond donors (Lipinski definition) is 0. The highest BCUT2D eigenvalue weighted by atomic mass is 31.1. The first-order valence-electron chi connectivity index (χ1n) is 14.1. The van der Waals surface area contributed by atoms with E-state index in [1.165, 1.54) is 38.2 Å². The second-order valence-electron chi connectivity index (χ2n) is 11.4. The van der Waals surface area contributed by atoms with E-state index in [2.05, 4.69) is 147 Å². The molecule has 4 aliphatic rings. The van der Waals surface area contributed by atoms with Crippen LogP contribution < -0.4 is 15.9 Å². The molecular weight excluding hydrogens is 505 g/mol. The molecule has 0 N–H and O–H groups in total. The second kappa shape index (κ2) is 8.75. The van der Waals surface area contributed by atoms with Crippen molar-refractivity contribution in [3.63, 3.8) is 0 Å². The molecule has 1 heterocycles. The summed E-state index contributed by atoms with van der Waals surface area (Å²) in [6.07, 6.45) is -0.0648. The topological polar surface area (TPSA) is 21.6 Å². The Kier molecular flexibility index (Phi) is 5.22. The molecule has 0 radical (unpaired) electrons.